The van der Waals surface area contributed by atoms with Gasteiger partial charge < -0.3 is 10.5 Å². The first-order valence-corrected chi connectivity index (χ1v) is 7.01. The van der Waals surface area contributed by atoms with Crippen molar-refractivity contribution >= 4 is 6.08 Å². The number of nitrogens with two attached hydrogens (primary N) is 1. The van der Waals surface area contributed by atoms with Crippen LogP contribution in [0, 0.1) is 6.92 Å². The second-order valence-corrected chi connectivity index (χ2v) is 6.12. The van der Waals surface area contributed by atoms with Gasteiger partial charge in [-0.1, -0.05) is 18.2 Å². The first kappa shape index (κ1) is 15.8. The lowest BCUT2D eigenvalue weighted by atomic mass is 9.99. The highest BCUT2D eigenvalue weighted by Gasteiger charge is 2.07. The maximum Gasteiger partial charge on any atom is 0.122 e. The minimum absolute atomic E-state index is 0.0881. The number of hydrogen-bond acceptors (Lipinski definition) is 2. The van der Waals surface area contributed by atoms with Crippen molar-refractivity contribution in [3.05, 3.63) is 35.4 Å². The van der Waals surface area contributed by atoms with Crippen LogP contribution in [-0.2, 0) is 0 Å². The Balaban J connectivity index is 2.61. The van der Waals surface area contributed by atoms with Gasteiger partial charge in [0.1, 0.15) is 5.75 Å². The van der Waals surface area contributed by atoms with E-state index < -0.39 is 0 Å². The first-order valence-electron chi connectivity index (χ1n) is 7.01. The molecule has 0 aliphatic heterocycles. The van der Waals surface area contributed by atoms with Crippen molar-refractivity contribution in [2.75, 3.05) is 0 Å². The molecule has 2 heteroatoms. The summed E-state index contributed by atoms with van der Waals surface area (Å²) in [5, 5.41) is 0. The lowest BCUT2D eigenvalue weighted by molar-refractivity contribution is 0.241. The molecule has 0 aromatic heterocycles. The van der Waals surface area contributed by atoms with Crippen molar-refractivity contribution in [3.63, 3.8) is 0 Å². The van der Waals surface area contributed by atoms with Gasteiger partial charge in [0.25, 0.3) is 0 Å². The standard InChI is InChI=1S/C17H27NO/c1-13(2)19-16-10-9-15(12-14(16)3)8-6-7-11-17(4,5)18/h6,8-10,12-13H,7,11,18H2,1-5H3/b8-6+. The maximum absolute atomic E-state index is 5.95. The fourth-order valence-corrected chi connectivity index (χ4v) is 1.84. The van der Waals surface area contributed by atoms with Crippen molar-refractivity contribution in [1.82, 2.24) is 0 Å². The summed E-state index contributed by atoms with van der Waals surface area (Å²) in [5.74, 6) is 0.968. The monoisotopic (exact) mass is 261 g/mol. The fourth-order valence-electron chi connectivity index (χ4n) is 1.84. The summed E-state index contributed by atoms with van der Waals surface area (Å²) >= 11 is 0. The van der Waals surface area contributed by atoms with Crippen LogP contribution >= 0.6 is 0 Å². The highest BCUT2D eigenvalue weighted by molar-refractivity contribution is 5.53. The zero-order valence-electron chi connectivity index (χ0n) is 12.9. The Kier molecular flexibility index (Phi) is 5.61. The van der Waals surface area contributed by atoms with Crippen LogP contribution in [0.5, 0.6) is 5.75 Å². The molecule has 1 aromatic rings. The molecule has 0 heterocycles. The van der Waals surface area contributed by atoms with Gasteiger partial charge in [0.05, 0.1) is 6.10 Å². The van der Waals surface area contributed by atoms with Crippen LogP contribution in [0.25, 0.3) is 6.08 Å². The predicted molar refractivity (Wildman–Crippen MR) is 83.5 cm³/mol. The Morgan fingerprint density at radius 3 is 2.53 bits per heavy atom. The van der Waals surface area contributed by atoms with Crippen LogP contribution in [0.1, 0.15) is 51.7 Å². The third kappa shape index (κ3) is 6.44. The van der Waals surface area contributed by atoms with E-state index in [0.29, 0.717) is 0 Å². The van der Waals surface area contributed by atoms with E-state index in [0.717, 1.165) is 18.6 Å². The summed E-state index contributed by atoms with van der Waals surface area (Å²) in [6.45, 7) is 10.3. The third-order valence-electron chi connectivity index (χ3n) is 2.83. The molecular formula is C17H27NO. The zero-order valence-corrected chi connectivity index (χ0v) is 12.9. The van der Waals surface area contributed by atoms with Crippen molar-refractivity contribution in [2.45, 2.75) is 59.1 Å². The van der Waals surface area contributed by atoms with Gasteiger partial charge in [-0.3, -0.25) is 0 Å². The van der Waals surface area contributed by atoms with Crippen molar-refractivity contribution in [1.29, 1.82) is 0 Å². The van der Waals surface area contributed by atoms with E-state index in [-0.39, 0.29) is 11.6 Å². The lowest BCUT2D eigenvalue weighted by Crippen LogP contribution is -2.31. The van der Waals surface area contributed by atoms with Crippen molar-refractivity contribution in [2.24, 2.45) is 5.73 Å². The molecule has 0 bridgehead atoms. The average Bonchev–Trinajstić information content (AvgIpc) is 2.26. The quantitative estimate of drug-likeness (QED) is 0.828. The van der Waals surface area contributed by atoms with E-state index in [1.165, 1.54) is 11.1 Å². The molecule has 1 aromatic carbocycles. The van der Waals surface area contributed by atoms with Crippen LogP contribution in [-0.4, -0.2) is 11.6 Å². The molecule has 0 saturated carbocycles. The molecule has 1 rings (SSSR count). The summed E-state index contributed by atoms with van der Waals surface area (Å²) in [4.78, 5) is 0. The highest BCUT2D eigenvalue weighted by Crippen LogP contribution is 2.21. The summed E-state index contributed by atoms with van der Waals surface area (Å²) < 4.78 is 5.73. The number of aryl methyl sites for hydroxylation is 1. The molecule has 106 valence electrons. The maximum atomic E-state index is 5.95. The third-order valence-corrected chi connectivity index (χ3v) is 2.83. The molecule has 0 atom stereocenters. The van der Waals surface area contributed by atoms with Crippen LogP contribution in [0.2, 0.25) is 0 Å². The Morgan fingerprint density at radius 1 is 1.32 bits per heavy atom. The molecule has 2 nitrogen and oxygen atoms in total. The van der Waals surface area contributed by atoms with E-state index in [1.54, 1.807) is 0 Å². The Bertz CT molecular complexity index is 427. The average molecular weight is 261 g/mol. The van der Waals surface area contributed by atoms with Gasteiger partial charge in [-0.05, 0) is 70.7 Å². The second kappa shape index (κ2) is 6.76. The highest BCUT2D eigenvalue weighted by atomic mass is 16.5. The zero-order chi connectivity index (χ0) is 14.5. The molecule has 0 unspecified atom stereocenters. The minimum atomic E-state index is -0.0881. The summed E-state index contributed by atoms with van der Waals surface area (Å²) in [6, 6.07) is 6.29. The summed E-state index contributed by atoms with van der Waals surface area (Å²) in [5.41, 5.74) is 8.25. The second-order valence-electron chi connectivity index (χ2n) is 6.12. The molecule has 0 fully saturated rings. The molecular weight excluding hydrogens is 234 g/mol. The first-order chi connectivity index (χ1) is 8.78. The molecule has 0 aliphatic rings. The van der Waals surface area contributed by atoms with E-state index in [9.17, 15) is 0 Å². The van der Waals surface area contributed by atoms with E-state index in [4.69, 9.17) is 10.5 Å². The van der Waals surface area contributed by atoms with Crippen LogP contribution in [0.3, 0.4) is 0 Å². The Morgan fingerprint density at radius 2 is 2.00 bits per heavy atom. The normalized spacial score (nSPS) is 12.4. The van der Waals surface area contributed by atoms with Gasteiger partial charge in [0.2, 0.25) is 0 Å². The minimum Gasteiger partial charge on any atom is -0.491 e. The van der Waals surface area contributed by atoms with Crippen LogP contribution < -0.4 is 10.5 Å². The van der Waals surface area contributed by atoms with Gasteiger partial charge in [0, 0.05) is 5.54 Å². The van der Waals surface area contributed by atoms with Gasteiger partial charge in [-0.25, -0.2) is 0 Å². The molecule has 0 saturated heterocycles. The van der Waals surface area contributed by atoms with E-state index in [1.807, 2.05) is 19.9 Å². The Hall–Kier alpha value is -1.28. The van der Waals surface area contributed by atoms with Gasteiger partial charge in [0.15, 0.2) is 0 Å². The van der Waals surface area contributed by atoms with E-state index >= 15 is 0 Å². The Labute approximate surface area is 117 Å². The number of hydrogen-bond donors (Lipinski definition) is 1. The van der Waals surface area contributed by atoms with Crippen LogP contribution in [0.15, 0.2) is 24.3 Å². The smallest absolute Gasteiger partial charge is 0.122 e. The van der Waals surface area contributed by atoms with Crippen LogP contribution in [0.4, 0.5) is 0 Å². The number of allylic oxidation sites excluding steroid dienone is 1. The molecule has 0 aliphatic carbocycles. The SMILES string of the molecule is Cc1cc(/C=C/CCC(C)(C)N)ccc1OC(C)C. The molecule has 2 N–H and O–H groups in total. The summed E-state index contributed by atoms with van der Waals surface area (Å²) in [7, 11) is 0. The topological polar surface area (TPSA) is 35.2 Å². The number of rotatable bonds is 6. The van der Waals surface area contributed by atoms with Gasteiger partial charge in [-0.15, -0.1) is 0 Å². The van der Waals surface area contributed by atoms with Gasteiger partial charge in [-0.2, -0.15) is 0 Å². The molecule has 0 radical (unpaired) electrons. The number of ether oxygens (including phenoxy) is 1. The number of benzene rings is 1. The largest absolute Gasteiger partial charge is 0.491 e. The van der Waals surface area contributed by atoms with Crippen molar-refractivity contribution < 1.29 is 4.74 Å². The van der Waals surface area contributed by atoms with E-state index in [2.05, 4.69) is 45.1 Å². The van der Waals surface area contributed by atoms with Crippen molar-refractivity contribution in [3.8, 4) is 5.75 Å². The lowest BCUT2D eigenvalue weighted by Gasteiger charge is -2.16. The molecule has 0 spiro atoms. The molecule has 19 heavy (non-hydrogen) atoms. The predicted octanol–water partition coefficient (Wildman–Crippen LogP) is 4.31. The summed E-state index contributed by atoms with van der Waals surface area (Å²) in [6.07, 6.45) is 6.56. The molecule has 0 amide bonds. The van der Waals surface area contributed by atoms with Gasteiger partial charge >= 0.3 is 0 Å². The fraction of sp³-hybridized carbons (Fsp3) is 0.529.